The number of anilines is 1. The summed E-state index contributed by atoms with van der Waals surface area (Å²) in [5, 5.41) is 16.6. The highest BCUT2D eigenvalue weighted by Crippen LogP contribution is 2.49. The first-order chi connectivity index (χ1) is 17.9. The zero-order valence-electron chi connectivity index (χ0n) is 21.7. The smallest absolute Gasteiger partial charge is 0.407 e. The lowest BCUT2D eigenvalue weighted by atomic mass is 9.86. The molecule has 0 aliphatic carbocycles. The van der Waals surface area contributed by atoms with Gasteiger partial charge in [0.2, 0.25) is 5.91 Å². The second-order valence-electron chi connectivity index (χ2n) is 10.4. The van der Waals surface area contributed by atoms with Gasteiger partial charge in [-0.1, -0.05) is 52.3 Å². The van der Waals surface area contributed by atoms with E-state index in [1.807, 2.05) is 36.4 Å². The fourth-order valence-electron chi connectivity index (χ4n) is 4.70. The van der Waals surface area contributed by atoms with Crippen molar-refractivity contribution in [2.45, 2.75) is 51.2 Å². The van der Waals surface area contributed by atoms with Crippen LogP contribution in [-0.4, -0.2) is 41.7 Å². The van der Waals surface area contributed by atoms with E-state index in [0.29, 0.717) is 47.2 Å². The third-order valence-electron chi connectivity index (χ3n) is 6.46. The number of fused-ring (bicyclic) bond motifs is 2. The van der Waals surface area contributed by atoms with Crippen LogP contribution >= 0.6 is 15.9 Å². The number of unbranched alkanes of at least 4 members (excludes halogenated alkanes) is 2. The van der Waals surface area contributed by atoms with Gasteiger partial charge in [-0.25, -0.2) is 4.79 Å². The van der Waals surface area contributed by atoms with Crippen LogP contribution in [0.4, 0.5) is 10.5 Å². The predicted octanol–water partition coefficient (Wildman–Crippen LogP) is 4.98. The summed E-state index contributed by atoms with van der Waals surface area (Å²) < 4.78 is 5.67. The van der Waals surface area contributed by atoms with E-state index in [2.05, 4.69) is 21.2 Å². The van der Waals surface area contributed by atoms with Gasteiger partial charge >= 0.3 is 6.09 Å². The minimum atomic E-state index is -1.94. The summed E-state index contributed by atoms with van der Waals surface area (Å²) in [6, 6.07) is 16.3. The highest BCUT2D eigenvalue weighted by Gasteiger charge is 2.52. The molecule has 3 aromatic carbocycles. The molecule has 3 aromatic rings. The zero-order valence-corrected chi connectivity index (χ0v) is 23.3. The number of carbonyl (C=O) groups is 3. The van der Waals surface area contributed by atoms with Crippen molar-refractivity contribution in [2.24, 2.45) is 5.73 Å². The average molecular weight is 582 g/mol. The number of hydrogen-bond acceptors (Lipinski definition) is 5. The molecule has 0 spiro atoms. The topological polar surface area (TPSA) is 122 Å². The number of ether oxygens (including phenoxy) is 1. The van der Waals surface area contributed by atoms with Crippen LogP contribution in [0.25, 0.3) is 10.8 Å². The second-order valence-corrected chi connectivity index (χ2v) is 11.3. The number of hydrogen-bond donors (Lipinski definition) is 3. The van der Waals surface area contributed by atoms with Crippen molar-refractivity contribution < 1.29 is 24.2 Å². The molecule has 0 bridgehead atoms. The summed E-state index contributed by atoms with van der Waals surface area (Å²) in [6.07, 6.45) is 1.56. The van der Waals surface area contributed by atoms with E-state index in [-0.39, 0.29) is 5.56 Å². The quantitative estimate of drug-likeness (QED) is 0.324. The minimum Gasteiger partial charge on any atom is -0.444 e. The van der Waals surface area contributed by atoms with Crippen molar-refractivity contribution >= 4 is 50.3 Å². The van der Waals surface area contributed by atoms with E-state index in [1.54, 1.807) is 32.9 Å². The average Bonchev–Trinajstić information content (AvgIpc) is 3.07. The van der Waals surface area contributed by atoms with Gasteiger partial charge in [0.15, 0.2) is 5.60 Å². The molecule has 38 heavy (non-hydrogen) atoms. The molecule has 0 aromatic heterocycles. The summed E-state index contributed by atoms with van der Waals surface area (Å²) >= 11 is 3.48. The molecule has 1 heterocycles. The normalized spacial score (nSPS) is 17.0. The zero-order chi connectivity index (χ0) is 27.7. The Morgan fingerprint density at radius 2 is 1.76 bits per heavy atom. The van der Waals surface area contributed by atoms with E-state index >= 15 is 0 Å². The molecule has 9 heteroatoms. The predicted molar refractivity (Wildman–Crippen MR) is 150 cm³/mol. The van der Waals surface area contributed by atoms with Crippen LogP contribution in [0, 0.1) is 0 Å². The molecule has 200 valence electrons. The van der Waals surface area contributed by atoms with Gasteiger partial charge in [-0.15, -0.1) is 0 Å². The van der Waals surface area contributed by atoms with Crippen LogP contribution in [0.1, 0.15) is 61.5 Å². The van der Waals surface area contributed by atoms with Gasteiger partial charge < -0.3 is 25.8 Å². The van der Waals surface area contributed by atoms with E-state index < -0.39 is 29.1 Å². The maximum atomic E-state index is 13.9. The first-order valence-electron chi connectivity index (χ1n) is 12.6. The fourth-order valence-corrected chi connectivity index (χ4v) is 5.43. The van der Waals surface area contributed by atoms with Gasteiger partial charge in [-0.05, 0) is 74.6 Å². The highest BCUT2D eigenvalue weighted by atomic mass is 79.9. The van der Waals surface area contributed by atoms with Crippen LogP contribution in [0.3, 0.4) is 0 Å². The summed E-state index contributed by atoms with van der Waals surface area (Å²) in [4.78, 5) is 39.2. The molecule has 4 N–H and O–H groups in total. The number of rotatable bonds is 8. The van der Waals surface area contributed by atoms with Gasteiger partial charge in [0.1, 0.15) is 5.60 Å². The van der Waals surface area contributed by atoms with Crippen LogP contribution in [-0.2, 0) is 15.1 Å². The Bertz CT molecular complexity index is 1400. The summed E-state index contributed by atoms with van der Waals surface area (Å²) in [5.41, 5.74) is 4.55. The van der Waals surface area contributed by atoms with Gasteiger partial charge in [0.05, 0.1) is 5.69 Å². The Balaban J connectivity index is 1.56. The van der Waals surface area contributed by atoms with Crippen molar-refractivity contribution in [2.75, 3.05) is 18.0 Å². The van der Waals surface area contributed by atoms with Gasteiger partial charge in [0.25, 0.3) is 5.91 Å². The minimum absolute atomic E-state index is 0.234. The first-order valence-corrected chi connectivity index (χ1v) is 13.4. The monoisotopic (exact) mass is 581 g/mol. The van der Waals surface area contributed by atoms with E-state index in [0.717, 1.165) is 17.2 Å². The van der Waals surface area contributed by atoms with E-state index in [1.165, 1.54) is 11.0 Å². The Hall–Kier alpha value is -3.43. The number of benzene rings is 3. The molecule has 1 aliphatic heterocycles. The molecule has 4 rings (SSSR count). The Kier molecular flexibility index (Phi) is 7.80. The van der Waals surface area contributed by atoms with Gasteiger partial charge in [-0.3, -0.25) is 9.59 Å². The number of halogens is 1. The van der Waals surface area contributed by atoms with Crippen molar-refractivity contribution in [3.05, 3.63) is 75.8 Å². The van der Waals surface area contributed by atoms with Crippen LogP contribution < -0.4 is 16.0 Å². The second kappa shape index (κ2) is 10.7. The first kappa shape index (κ1) is 27.6. The lowest BCUT2D eigenvalue weighted by Gasteiger charge is -2.24. The van der Waals surface area contributed by atoms with Crippen LogP contribution in [0.5, 0.6) is 0 Å². The third kappa shape index (κ3) is 5.54. The Morgan fingerprint density at radius 3 is 2.45 bits per heavy atom. The van der Waals surface area contributed by atoms with Crippen molar-refractivity contribution in [3.8, 4) is 0 Å². The van der Waals surface area contributed by atoms with Crippen molar-refractivity contribution in [1.29, 1.82) is 0 Å². The van der Waals surface area contributed by atoms with Gasteiger partial charge in [0, 0.05) is 28.7 Å². The molecule has 1 unspecified atom stereocenters. The van der Waals surface area contributed by atoms with Crippen LogP contribution in [0.2, 0.25) is 0 Å². The molecule has 0 saturated carbocycles. The molecule has 8 nitrogen and oxygen atoms in total. The molecular weight excluding hydrogens is 550 g/mol. The highest BCUT2D eigenvalue weighted by molar-refractivity contribution is 9.10. The summed E-state index contributed by atoms with van der Waals surface area (Å²) in [7, 11) is 0. The number of nitrogens with zero attached hydrogens (tertiary/aromatic N) is 1. The molecule has 0 fully saturated rings. The largest absolute Gasteiger partial charge is 0.444 e. The summed E-state index contributed by atoms with van der Waals surface area (Å²) in [6.45, 7) is 6.18. The third-order valence-corrected chi connectivity index (χ3v) is 7.08. The van der Waals surface area contributed by atoms with Gasteiger partial charge in [-0.2, -0.15) is 0 Å². The van der Waals surface area contributed by atoms with E-state index in [9.17, 15) is 19.5 Å². The maximum Gasteiger partial charge on any atom is 0.407 e. The van der Waals surface area contributed by atoms with Crippen molar-refractivity contribution in [3.63, 3.8) is 0 Å². The number of primary amides is 1. The number of carbonyl (C=O) groups excluding carboxylic acids is 3. The number of aliphatic hydroxyl groups is 1. The number of alkyl carbamates (subject to hydrolysis) is 1. The fraction of sp³-hybridized carbons (Fsp3) is 0.345. The molecule has 0 saturated heterocycles. The number of nitrogens with two attached hydrogens (primary N) is 1. The molecule has 1 atom stereocenters. The number of amides is 3. The lowest BCUT2D eigenvalue weighted by Crippen LogP contribution is -2.41. The van der Waals surface area contributed by atoms with Crippen LogP contribution in [0.15, 0.2) is 59.1 Å². The standard InChI is InChI=1S/C29H32BrN3O5/c1-28(2,3)38-27(36)32-13-7-4-8-14-33-23-17-20(25(31)34)16-22(30)24(23)29(37,26(33)35)21-12-11-18-9-5-6-10-19(18)15-21/h5-6,9-12,15-17,37H,4,7-8,13-14H2,1-3H3,(H2,31,34)(H,32,36). The van der Waals surface area contributed by atoms with Crippen molar-refractivity contribution in [1.82, 2.24) is 5.32 Å². The Labute approximate surface area is 230 Å². The number of nitrogens with one attached hydrogen (secondary N) is 1. The molecule has 1 aliphatic rings. The Morgan fingerprint density at radius 1 is 1.05 bits per heavy atom. The molecule has 0 radical (unpaired) electrons. The molecular formula is C29H32BrN3O5. The summed E-state index contributed by atoms with van der Waals surface area (Å²) in [5.74, 6) is -1.12. The molecule has 3 amide bonds. The van der Waals surface area contributed by atoms with E-state index in [4.69, 9.17) is 10.5 Å². The lowest BCUT2D eigenvalue weighted by molar-refractivity contribution is -0.132. The maximum absolute atomic E-state index is 13.9. The SMILES string of the molecule is CC(C)(C)OC(=O)NCCCCCN1C(=O)C(O)(c2ccc3ccccc3c2)c2c(Br)cc(C(N)=O)cc21.